The monoisotopic (exact) mass is 442 g/mol. The Labute approximate surface area is 202 Å². The van der Waals surface area contributed by atoms with Gasteiger partial charge in [0, 0.05) is 33.9 Å². The Balaban J connectivity index is 1.54. The van der Waals surface area contributed by atoms with Crippen molar-refractivity contribution < 1.29 is 0 Å². The summed E-state index contributed by atoms with van der Waals surface area (Å²) in [6, 6.07) is 20.0. The lowest BCUT2D eigenvalue weighted by atomic mass is 9.91. The number of aliphatic imine (C=N–C) groups is 1. The smallest absolute Gasteiger partial charge is 0.0794 e. The van der Waals surface area contributed by atoms with Gasteiger partial charge in [0.2, 0.25) is 0 Å². The van der Waals surface area contributed by atoms with Crippen molar-refractivity contribution in [2.24, 2.45) is 4.99 Å². The summed E-state index contributed by atoms with van der Waals surface area (Å²) in [7, 11) is 0. The van der Waals surface area contributed by atoms with E-state index in [0.29, 0.717) is 5.92 Å². The zero-order valence-corrected chi connectivity index (χ0v) is 20.8. The van der Waals surface area contributed by atoms with E-state index in [9.17, 15) is 0 Å². The van der Waals surface area contributed by atoms with E-state index in [1.54, 1.807) is 0 Å². The van der Waals surface area contributed by atoms with Crippen LogP contribution in [0.3, 0.4) is 0 Å². The minimum atomic E-state index is 0.407. The summed E-state index contributed by atoms with van der Waals surface area (Å²) in [5.74, 6) is 0.407. The van der Waals surface area contributed by atoms with Crippen LogP contribution >= 0.6 is 0 Å². The van der Waals surface area contributed by atoms with E-state index in [4.69, 9.17) is 4.99 Å². The van der Waals surface area contributed by atoms with Crippen LogP contribution in [0, 0.1) is 34.6 Å². The standard InChI is InChI=1S/C32H30N2/c1-17-11-12-24-26(15-17)32(29-19(3)13-18(2)14-20(29)4)34-28(24)16-27-22(6)30-21(5)23-9-7-8-10-25(23)31(30)33-27/h7-16,21,33H,1-6H3/b28-16-. The van der Waals surface area contributed by atoms with Gasteiger partial charge >= 0.3 is 0 Å². The van der Waals surface area contributed by atoms with Crippen molar-refractivity contribution in [1.29, 1.82) is 0 Å². The quantitative estimate of drug-likeness (QED) is 0.325. The third-order valence-corrected chi connectivity index (χ3v) is 7.60. The number of nitrogens with zero attached hydrogens (tertiary/aromatic N) is 1. The van der Waals surface area contributed by atoms with Crippen molar-refractivity contribution in [3.8, 4) is 11.3 Å². The lowest BCUT2D eigenvalue weighted by molar-refractivity contribution is 0.948. The number of aromatic nitrogens is 1. The first kappa shape index (κ1) is 20.9. The zero-order chi connectivity index (χ0) is 23.7. The maximum atomic E-state index is 5.26. The molecule has 2 nitrogen and oxygen atoms in total. The fourth-order valence-electron chi connectivity index (χ4n) is 6.09. The van der Waals surface area contributed by atoms with E-state index in [0.717, 1.165) is 17.1 Å². The summed E-state index contributed by atoms with van der Waals surface area (Å²) in [6.45, 7) is 13.3. The molecule has 0 bridgehead atoms. The van der Waals surface area contributed by atoms with Gasteiger partial charge in [-0.25, -0.2) is 4.99 Å². The number of aromatic amines is 1. The fourth-order valence-corrected chi connectivity index (χ4v) is 6.09. The second kappa shape index (κ2) is 7.43. The predicted octanol–water partition coefficient (Wildman–Crippen LogP) is 8.04. The third-order valence-electron chi connectivity index (χ3n) is 7.60. The van der Waals surface area contributed by atoms with Crippen molar-refractivity contribution in [2.75, 3.05) is 0 Å². The molecule has 6 rings (SSSR count). The molecule has 1 N–H and O–H groups in total. The number of fused-ring (bicyclic) bond motifs is 4. The summed E-state index contributed by atoms with van der Waals surface area (Å²) >= 11 is 0. The molecule has 0 amide bonds. The van der Waals surface area contributed by atoms with E-state index in [2.05, 4.69) is 107 Å². The van der Waals surface area contributed by atoms with E-state index in [-0.39, 0.29) is 0 Å². The first-order valence-electron chi connectivity index (χ1n) is 12.1. The van der Waals surface area contributed by atoms with Crippen molar-refractivity contribution in [3.05, 3.63) is 116 Å². The van der Waals surface area contributed by atoms with E-state index >= 15 is 0 Å². The second-order valence-corrected chi connectivity index (χ2v) is 10.1. The van der Waals surface area contributed by atoms with Gasteiger partial charge in [0.15, 0.2) is 0 Å². The van der Waals surface area contributed by atoms with E-state index in [1.807, 2.05) is 0 Å². The molecule has 4 aromatic rings. The zero-order valence-electron chi connectivity index (χ0n) is 20.8. The van der Waals surface area contributed by atoms with Crippen LogP contribution in [0.15, 0.2) is 59.6 Å². The molecule has 0 saturated heterocycles. The normalized spacial score (nSPS) is 17.1. The summed E-state index contributed by atoms with van der Waals surface area (Å²) in [5.41, 5.74) is 18.9. The van der Waals surface area contributed by atoms with Gasteiger partial charge in [0.1, 0.15) is 0 Å². The van der Waals surface area contributed by atoms with Gasteiger partial charge in [-0.1, -0.05) is 66.6 Å². The van der Waals surface area contributed by atoms with Crippen LogP contribution in [-0.2, 0) is 0 Å². The summed E-state index contributed by atoms with van der Waals surface area (Å²) < 4.78 is 0. The van der Waals surface area contributed by atoms with Gasteiger partial charge in [-0.05, 0) is 74.6 Å². The predicted molar refractivity (Wildman–Crippen MR) is 144 cm³/mol. The first-order chi connectivity index (χ1) is 16.3. The molecule has 1 aromatic heterocycles. The lowest BCUT2D eigenvalue weighted by Crippen LogP contribution is -2.06. The van der Waals surface area contributed by atoms with Crippen molar-refractivity contribution in [3.63, 3.8) is 0 Å². The minimum Gasteiger partial charge on any atom is -0.354 e. The van der Waals surface area contributed by atoms with Crippen LogP contribution in [0.2, 0.25) is 0 Å². The highest BCUT2D eigenvalue weighted by Crippen LogP contribution is 2.47. The average Bonchev–Trinajstić information content (AvgIpc) is 3.39. The molecule has 0 saturated carbocycles. The van der Waals surface area contributed by atoms with E-state index < -0.39 is 0 Å². The Morgan fingerprint density at radius 3 is 2.29 bits per heavy atom. The number of nitrogens with one attached hydrogen (secondary N) is 1. The molecule has 3 aromatic carbocycles. The largest absolute Gasteiger partial charge is 0.354 e. The molecule has 1 aliphatic carbocycles. The van der Waals surface area contributed by atoms with Crippen LogP contribution in [-0.4, -0.2) is 10.7 Å². The molecular formula is C32H30N2. The summed E-state index contributed by atoms with van der Waals surface area (Å²) in [4.78, 5) is 9.02. The van der Waals surface area contributed by atoms with Gasteiger partial charge in [-0.3, -0.25) is 0 Å². The van der Waals surface area contributed by atoms with Crippen molar-refractivity contribution in [1.82, 2.24) is 4.98 Å². The Kier molecular flexibility index (Phi) is 4.57. The third kappa shape index (κ3) is 2.98. The Bertz CT molecular complexity index is 1540. The highest BCUT2D eigenvalue weighted by atomic mass is 14.8. The van der Waals surface area contributed by atoms with Crippen molar-refractivity contribution >= 4 is 17.5 Å². The molecule has 0 fully saturated rings. The van der Waals surface area contributed by atoms with Crippen LogP contribution in [0.25, 0.3) is 23.0 Å². The maximum absolute atomic E-state index is 5.26. The number of rotatable bonds is 2. The van der Waals surface area contributed by atoms with Crippen LogP contribution in [0.1, 0.15) is 74.2 Å². The van der Waals surface area contributed by atoms with E-state index in [1.165, 1.54) is 66.9 Å². The molecule has 168 valence electrons. The van der Waals surface area contributed by atoms with Gasteiger partial charge in [-0.15, -0.1) is 0 Å². The number of H-pyrrole nitrogens is 1. The molecule has 1 aliphatic heterocycles. The molecule has 1 atom stereocenters. The highest BCUT2D eigenvalue weighted by molar-refractivity contribution is 6.22. The molecule has 1 unspecified atom stereocenters. The minimum absolute atomic E-state index is 0.407. The second-order valence-electron chi connectivity index (χ2n) is 10.1. The summed E-state index contributed by atoms with van der Waals surface area (Å²) in [5, 5.41) is 0. The molecule has 2 aliphatic rings. The van der Waals surface area contributed by atoms with Crippen LogP contribution in [0.5, 0.6) is 0 Å². The number of hydrogen-bond donors (Lipinski definition) is 1. The SMILES string of the molecule is Cc1cc(C)c(C2=N/C(=C\c3[nH]c4c(c3C)C(C)c3ccccc3-4)c3ccc(C)cc32)c(C)c1. The first-order valence-corrected chi connectivity index (χ1v) is 12.1. The maximum Gasteiger partial charge on any atom is 0.0794 e. The van der Waals surface area contributed by atoms with Crippen LogP contribution in [0.4, 0.5) is 0 Å². The van der Waals surface area contributed by atoms with Gasteiger partial charge in [0.25, 0.3) is 0 Å². The van der Waals surface area contributed by atoms with Crippen molar-refractivity contribution in [2.45, 2.75) is 47.5 Å². The average molecular weight is 443 g/mol. The van der Waals surface area contributed by atoms with Gasteiger partial charge in [-0.2, -0.15) is 0 Å². The Morgan fingerprint density at radius 1 is 0.794 bits per heavy atom. The molecule has 2 heterocycles. The molecule has 0 radical (unpaired) electrons. The molecular weight excluding hydrogens is 412 g/mol. The van der Waals surface area contributed by atoms with Crippen LogP contribution < -0.4 is 0 Å². The summed E-state index contributed by atoms with van der Waals surface area (Å²) in [6.07, 6.45) is 2.25. The topological polar surface area (TPSA) is 28.1 Å². The number of hydrogen-bond acceptors (Lipinski definition) is 1. The number of aryl methyl sites for hydroxylation is 4. The lowest BCUT2D eigenvalue weighted by Gasteiger charge is -2.12. The Hall–Kier alpha value is -3.65. The number of benzene rings is 3. The molecule has 2 heteroatoms. The Morgan fingerprint density at radius 2 is 1.53 bits per heavy atom. The van der Waals surface area contributed by atoms with Gasteiger partial charge < -0.3 is 4.98 Å². The van der Waals surface area contributed by atoms with Gasteiger partial charge in [0.05, 0.1) is 17.1 Å². The fraction of sp³-hybridized carbons (Fsp3) is 0.219. The molecule has 0 spiro atoms. The molecule has 34 heavy (non-hydrogen) atoms. The highest BCUT2D eigenvalue weighted by Gasteiger charge is 2.30.